The van der Waals surface area contributed by atoms with Crippen LogP contribution < -0.4 is 4.99 Å². The maximum atomic E-state index is 10.0. The Hall–Kier alpha value is -0.210. The second-order valence-electron chi connectivity index (χ2n) is 2.21. The Labute approximate surface area is 101 Å². The fourth-order valence-corrected chi connectivity index (χ4v) is 0.961. The number of benzene rings is 1. The normalized spacial score (nSPS) is 10.7. The average molecular weight is 205 g/mol. The van der Waals surface area contributed by atoms with Gasteiger partial charge in [-0.2, -0.15) is 4.99 Å². The van der Waals surface area contributed by atoms with Crippen molar-refractivity contribution >= 4 is 49.8 Å². The van der Waals surface area contributed by atoms with Gasteiger partial charge in [-0.3, -0.25) is 0 Å². The molecule has 0 atom stereocenters. The van der Waals surface area contributed by atoms with E-state index < -0.39 is 0 Å². The molecule has 1 radical (unpaired) electrons. The van der Waals surface area contributed by atoms with Crippen LogP contribution in [-0.4, -0.2) is 35.5 Å². The van der Waals surface area contributed by atoms with Crippen molar-refractivity contribution in [3.63, 3.8) is 0 Å². The molecule has 0 aliphatic rings. The van der Waals surface area contributed by atoms with Crippen LogP contribution in [0.2, 0.25) is 0 Å². The third-order valence-electron chi connectivity index (χ3n) is 1.27. The largest absolute Gasteiger partial charge is 0.400 e. The molecule has 0 aromatic heterocycles. The van der Waals surface area contributed by atoms with Gasteiger partial charge in [-0.1, -0.05) is 18.2 Å². The Balaban J connectivity index is 0.00000144. The maximum absolute atomic E-state index is 10.0. The molecule has 0 unspecified atom stereocenters. The molecule has 0 spiro atoms. The summed E-state index contributed by atoms with van der Waals surface area (Å²) in [6.07, 6.45) is 0. The van der Waals surface area contributed by atoms with Crippen LogP contribution in [0.4, 0.5) is 5.69 Å². The third-order valence-corrected chi connectivity index (χ3v) is 1.62. The summed E-state index contributed by atoms with van der Waals surface area (Å²) in [4.78, 5) is 2.93. The van der Waals surface area contributed by atoms with Crippen molar-refractivity contribution in [1.82, 2.24) is 0 Å². The number of hydrogen-bond acceptors (Lipinski definition) is 2. The second kappa shape index (κ2) is 7.22. The van der Waals surface area contributed by atoms with E-state index in [1.165, 1.54) is 0 Å². The van der Waals surface area contributed by atoms with Gasteiger partial charge < -0.3 is 4.52 Å². The van der Waals surface area contributed by atoms with E-state index in [0.717, 1.165) is 5.69 Å². The van der Waals surface area contributed by atoms with E-state index in [2.05, 4.69) is 9.52 Å². The van der Waals surface area contributed by atoms with Gasteiger partial charge in [0.25, 0.3) is 0 Å². The predicted molar refractivity (Wildman–Crippen MR) is 52.2 cm³/mol. The Morgan fingerprint density at radius 2 is 2.00 bits per heavy atom. The number of nitrogens with one attached hydrogen (secondary N) is 1. The van der Waals surface area contributed by atoms with E-state index in [1.54, 1.807) is 6.92 Å². The van der Waals surface area contributed by atoms with E-state index in [9.17, 15) is 4.57 Å². The number of para-hydroxylation sites is 1. The number of rotatable bonds is 2. The average Bonchev–Trinajstić information content (AvgIpc) is 2.06. The summed E-state index contributed by atoms with van der Waals surface area (Å²) >= 11 is 0. The SMILES string of the molecule is CC(=[NH+]c1ccccc1)OP=O.[Na]. The Morgan fingerprint density at radius 3 is 2.54 bits per heavy atom. The monoisotopic (exact) mass is 205 g/mol. The van der Waals surface area contributed by atoms with Gasteiger partial charge in [0.2, 0.25) is 5.69 Å². The van der Waals surface area contributed by atoms with Crippen LogP contribution in [0.15, 0.2) is 30.3 Å². The van der Waals surface area contributed by atoms with E-state index in [1.807, 2.05) is 30.3 Å². The minimum Gasteiger partial charge on any atom is -0.354 e. The molecule has 3 nitrogen and oxygen atoms in total. The van der Waals surface area contributed by atoms with Crippen molar-refractivity contribution in [2.45, 2.75) is 6.92 Å². The fraction of sp³-hybridized carbons (Fsp3) is 0.125. The first kappa shape index (κ1) is 12.8. The molecule has 63 valence electrons. The van der Waals surface area contributed by atoms with Crippen LogP contribution in [0.3, 0.4) is 0 Å². The van der Waals surface area contributed by atoms with E-state index in [-0.39, 0.29) is 38.2 Å². The van der Waals surface area contributed by atoms with E-state index >= 15 is 0 Å². The van der Waals surface area contributed by atoms with Crippen molar-refractivity contribution < 1.29 is 14.1 Å². The molecule has 0 aliphatic carbocycles. The van der Waals surface area contributed by atoms with Crippen LogP contribution in [0.25, 0.3) is 0 Å². The number of hydrogen-bond donors (Lipinski definition) is 1. The molecule has 1 N–H and O–H groups in total. The zero-order valence-corrected chi connectivity index (χ0v) is 10.5. The minimum absolute atomic E-state index is 0. The fourth-order valence-electron chi connectivity index (χ4n) is 0.803. The van der Waals surface area contributed by atoms with Gasteiger partial charge in [0.1, 0.15) is 0 Å². The zero-order valence-electron chi connectivity index (χ0n) is 7.65. The summed E-state index contributed by atoms with van der Waals surface area (Å²) in [5, 5.41) is 0. The topological polar surface area (TPSA) is 40.3 Å². The summed E-state index contributed by atoms with van der Waals surface area (Å²) in [5.41, 5.74) is 0.915. The zero-order chi connectivity index (χ0) is 8.81. The van der Waals surface area contributed by atoms with Gasteiger partial charge in [-0.05, 0) is 0 Å². The molecule has 13 heavy (non-hydrogen) atoms. The van der Waals surface area contributed by atoms with Crippen molar-refractivity contribution in [1.29, 1.82) is 0 Å². The van der Waals surface area contributed by atoms with Crippen LogP contribution in [0.1, 0.15) is 6.92 Å². The van der Waals surface area contributed by atoms with Gasteiger partial charge >= 0.3 is 14.6 Å². The Kier molecular flexibility index (Phi) is 7.10. The standard InChI is InChI=1S/C8H8NO2P.Na/c1-7(11-12-10)9-8-5-3-2-4-6-8;/h2-6H,1H3;/p+1. The van der Waals surface area contributed by atoms with E-state index in [0.29, 0.717) is 5.90 Å². The maximum Gasteiger partial charge on any atom is 0.400 e. The molecule has 1 aromatic rings. The summed E-state index contributed by atoms with van der Waals surface area (Å²) in [6, 6.07) is 9.53. The van der Waals surface area contributed by atoms with Crippen LogP contribution >= 0.6 is 8.69 Å². The molecule has 0 saturated carbocycles. The van der Waals surface area contributed by atoms with Crippen LogP contribution in [-0.2, 0) is 9.09 Å². The predicted octanol–water partition coefficient (Wildman–Crippen LogP) is 0.660. The van der Waals surface area contributed by atoms with Crippen molar-refractivity contribution in [2.75, 3.05) is 0 Å². The van der Waals surface area contributed by atoms with Gasteiger partial charge in [-0.15, -0.1) is 0 Å². The first-order chi connectivity index (χ1) is 5.83. The second-order valence-corrected chi connectivity index (χ2v) is 2.54. The molecular formula is C8H9NNaO2P+. The molecule has 0 fully saturated rings. The molecular weight excluding hydrogens is 196 g/mol. The molecule has 0 aliphatic heterocycles. The minimum atomic E-state index is -0.340. The third kappa shape index (κ3) is 5.17. The summed E-state index contributed by atoms with van der Waals surface area (Å²) in [5.74, 6) is 0.512. The first-order valence-corrected chi connectivity index (χ1v) is 4.21. The molecule has 0 amide bonds. The summed E-state index contributed by atoms with van der Waals surface area (Å²) in [6.45, 7) is 1.71. The van der Waals surface area contributed by atoms with Crippen LogP contribution in [0, 0.1) is 0 Å². The molecule has 1 rings (SSSR count). The van der Waals surface area contributed by atoms with Crippen molar-refractivity contribution in [2.24, 2.45) is 0 Å². The Morgan fingerprint density at radius 1 is 1.38 bits per heavy atom. The smallest absolute Gasteiger partial charge is 0.354 e. The van der Waals surface area contributed by atoms with Gasteiger partial charge in [0.15, 0.2) is 0 Å². The summed E-state index contributed by atoms with van der Waals surface area (Å²) < 4.78 is 14.7. The first-order valence-electron chi connectivity index (χ1n) is 3.48. The summed E-state index contributed by atoms with van der Waals surface area (Å²) in [7, 11) is -0.340. The van der Waals surface area contributed by atoms with Gasteiger partial charge in [0.05, 0.1) is 6.92 Å². The van der Waals surface area contributed by atoms with E-state index in [4.69, 9.17) is 0 Å². The molecule has 1 aromatic carbocycles. The quantitative estimate of drug-likeness (QED) is 0.333. The molecule has 5 heteroatoms. The van der Waals surface area contributed by atoms with Crippen LogP contribution in [0.5, 0.6) is 0 Å². The molecule has 0 bridgehead atoms. The molecule has 0 saturated heterocycles. The van der Waals surface area contributed by atoms with Gasteiger partial charge in [0, 0.05) is 41.7 Å². The van der Waals surface area contributed by atoms with Crippen molar-refractivity contribution in [3.05, 3.63) is 30.3 Å². The van der Waals surface area contributed by atoms with Gasteiger partial charge in [-0.25, -0.2) is 4.57 Å². The van der Waals surface area contributed by atoms with Crippen molar-refractivity contribution in [3.8, 4) is 0 Å². The Bertz CT molecular complexity index is 289. The molecule has 0 heterocycles.